The average molecular weight is 275 g/mol. The number of aryl methyl sites for hydroxylation is 1. The van der Waals surface area contributed by atoms with Crippen LogP contribution in [0.1, 0.15) is 30.9 Å². The van der Waals surface area contributed by atoms with Gasteiger partial charge in [0, 0.05) is 31.4 Å². The molecule has 0 amide bonds. The van der Waals surface area contributed by atoms with Crippen molar-refractivity contribution >= 4 is 5.69 Å². The van der Waals surface area contributed by atoms with Gasteiger partial charge in [0.05, 0.1) is 0 Å². The van der Waals surface area contributed by atoms with E-state index in [0.717, 1.165) is 19.1 Å². The molecule has 0 bridgehead atoms. The molecule has 112 valence electrons. The van der Waals surface area contributed by atoms with Gasteiger partial charge >= 0.3 is 0 Å². The van der Waals surface area contributed by atoms with Crippen molar-refractivity contribution in [1.82, 2.24) is 10.2 Å². The molecule has 0 unspecified atom stereocenters. The third kappa shape index (κ3) is 3.74. The molecular formula is C17H29N3. The van der Waals surface area contributed by atoms with Crippen LogP contribution in [0.25, 0.3) is 0 Å². The fourth-order valence-corrected chi connectivity index (χ4v) is 3.05. The molecule has 0 spiro atoms. The Balaban J connectivity index is 2.08. The van der Waals surface area contributed by atoms with Gasteiger partial charge in [-0.25, -0.2) is 0 Å². The second-order valence-electron chi connectivity index (χ2n) is 6.09. The molecule has 1 saturated heterocycles. The third-order valence-corrected chi connectivity index (χ3v) is 4.34. The Morgan fingerprint density at radius 3 is 2.55 bits per heavy atom. The van der Waals surface area contributed by atoms with Crippen molar-refractivity contribution < 1.29 is 0 Å². The molecule has 1 aromatic rings. The van der Waals surface area contributed by atoms with Crippen LogP contribution in [0, 0.1) is 6.92 Å². The van der Waals surface area contributed by atoms with Crippen molar-refractivity contribution in [2.45, 2.75) is 39.3 Å². The van der Waals surface area contributed by atoms with Gasteiger partial charge in [-0.2, -0.15) is 0 Å². The molecule has 1 N–H and O–H groups in total. The van der Waals surface area contributed by atoms with E-state index in [0.29, 0.717) is 0 Å². The molecule has 1 fully saturated rings. The predicted octanol–water partition coefficient (Wildman–Crippen LogP) is 2.63. The van der Waals surface area contributed by atoms with Crippen molar-refractivity contribution in [2.75, 3.05) is 38.6 Å². The summed E-state index contributed by atoms with van der Waals surface area (Å²) in [6, 6.07) is 7.62. The highest BCUT2D eigenvalue weighted by Gasteiger charge is 2.22. The van der Waals surface area contributed by atoms with Gasteiger partial charge in [0.15, 0.2) is 0 Å². The van der Waals surface area contributed by atoms with Gasteiger partial charge in [0.1, 0.15) is 0 Å². The van der Waals surface area contributed by atoms with E-state index in [4.69, 9.17) is 0 Å². The molecule has 3 nitrogen and oxygen atoms in total. The number of rotatable bonds is 5. The summed E-state index contributed by atoms with van der Waals surface area (Å²) in [6.45, 7) is 8.68. The molecule has 0 aromatic heterocycles. The van der Waals surface area contributed by atoms with Crippen molar-refractivity contribution in [3.05, 3.63) is 29.3 Å². The van der Waals surface area contributed by atoms with Crippen LogP contribution in [0.15, 0.2) is 18.2 Å². The van der Waals surface area contributed by atoms with Crippen LogP contribution in [0.3, 0.4) is 0 Å². The van der Waals surface area contributed by atoms with Crippen LogP contribution >= 0.6 is 0 Å². The first kappa shape index (κ1) is 15.3. The smallest absolute Gasteiger partial charge is 0.0412 e. The van der Waals surface area contributed by atoms with Gasteiger partial charge in [-0.1, -0.05) is 24.6 Å². The summed E-state index contributed by atoms with van der Waals surface area (Å²) in [4.78, 5) is 4.93. The third-order valence-electron chi connectivity index (χ3n) is 4.34. The van der Waals surface area contributed by atoms with Crippen molar-refractivity contribution in [3.63, 3.8) is 0 Å². The summed E-state index contributed by atoms with van der Waals surface area (Å²) in [5.74, 6) is 0. The minimum Gasteiger partial charge on any atom is -0.371 e. The Morgan fingerprint density at radius 2 is 1.95 bits per heavy atom. The average Bonchev–Trinajstić information content (AvgIpc) is 2.45. The number of benzene rings is 1. The predicted molar refractivity (Wildman–Crippen MR) is 87.5 cm³/mol. The summed E-state index contributed by atoms with van der Waals surface area (Å²) in [5.41, 5.74) is 4.22. The maximum absolute atomic E-state index is 3.46. The maximum atomic E-state index is 3.46. The second kappa shape index (κ2) is 7.09. The van der Waals surface area contributed by atoms with Gasteiger partial charge in [-0.3, -0.25) is 0 Å². The van der Waals surface area contributed by atoms with Crippen molar-refractivity contribution in [1.29, 1.82) is 0 Å². The van der Waals surface area contributed by atoms with Crippen LogP contribution in [-0.2, 0) is 6.54 Å². The quantitative estimate of drug-likeness (QED) is 0.891. The van der Waals surface area contributed by atoms with E-state index in [9.17, 15) is 0 Å². The maximum Gasteiger partial charge on any atom is 0.0412 e. The molecule has 0 aliphatic carbocycles. The number of nitrogens with zero attached hydrogens (tertiary/aromatic N) is 2. The molecule has 1 aromatic carbocycles. The lowest BCUT2D eigenvalue weighted by Crippen LogP contribution is -2.42. The molecular weight excluding hydrogens is 246 g/mol. The topological polar surface area (TPSA) is 18.5 Å². The molecule has 2 rings (SSSR count). The highest BCUT2D eigenvalue weighted by atomic mass is 15.2. The lowest BCUT2D eigenvalue weighted by Gasteiger charge is -2.37. The summed E-state index contributed by atoms with van der Waals surface area (Å²) >= 11 is 0. The van der Waals surface area contributed by atoms with E-state index in [2.05, 4.69) is 61.3 Å². The normalized spacial score (nSPS) is 16.9. The largest absolute Gasteiger partial charge is 0.371 e. The zero-order valence-corrected chi connectivity index (χ0v) is 13.4. The molecule has 0 saturated carbocycles. The van der Waals surface area contributed by atoms with Crippen LogP contribution in [-0.4, -0.2) is 44.7 Å². The number of hydrogen-bond donors (Lipinski definition) is 1. The van der Waals surface area contributed by atoms with Crippen molar-refractivity contribution in [2.24, 2.45) is 0 Å². The summed E-state index contributed by atoms with van der Waals surface area (Å²) < 4.78 is 0. The van der Waals surface area contributed by atoms with E-state index < -0.39 is 0 Å². The van der Waals surface area contributed by atoms with Crippen molar-refractivity contribution in [3.8, 4) is 0 Å². The molecule has 0 atom stereocenters. The highest BCUT2D eigenvalue weighted by Crippen LogP contribution is 2.26. The monoisotopic (exact) mass is 275 g/mol. The fraction of sp³-hybridized carbons (Fsp3) is 0.647. The van der Waals surface area contributed by atoms with Crippen LogP contribution in [0.2, 0.25) is 0 Å². The zero-order chi connectivity index (χ0) is 14.5. The highest BCUT2D eigenvalue weighted by molar-refractivity contribution is 5.55. The van der Waals surface area contributed by atoms with E-state index >= 15 is 0 Å². The lowest BCUT2D eigenvalue weighted by atomic mass is 10.0. The van der Waals surface area contributed by atoms with Crippen LogP contribution in [0.4, 0.5) is 5.69 Å². The molecule has 1 aliphatic rings. The summed E-state index contributed by atoms with van der Waals surface area (Å²) in [7, 11) is 4.39. The first-order valence-corrected chi connectivity index (χ1v) is 7.83. The van der Waals surface area contributed by atoms with E-state index in [1.54, 1.807) is 0 Å². The van der Waals surface area contributed by atoms with E-state index in [1.165, 1.54) is 42.7 Å². The Morgan fingerprint density at radius 1 is 1.25 bits per heavy atom. The first-order valence-electron chi connectivity index (χ1n) is 7.83. The minimum absolute atomic E-state index is 0.744. The Hall–Kier alpha value is -1.06. The summed E-state index contributed by atoms with van der Waals surface area (Å²) in [6.07, 6.45) is 2.53. The van der Waals surface area contributed by atoms with Gasteiger partial charge in [-0.05, 0) is 52.0 Å². The zero-order valence-electron chi connectivity index (χ0n) is 13.4. The minimum atomic E-state index is 0.744. The Bertz CT molecular complexity index is 420. The van der Waals surface area contributed by atoms with E-state index in [1.807, 2.05) is 0 Å². The lowest BCUT2D eigenvalue weighted by molar-refractivity contribution is 0.249. The number of nitrogens with one attached hydrogen (secondary N) is 1. The number of piperidine rings is 1. The summed E-state index contributed by atoms with van der Waals surface area (Å²) in [5, 5.41) is 3.46. The molecule has 1 heterocycles. The van der Waals surface area contributed by atoms with Crippen LogP contribution in [0.5, 0.6) is 0 Å². The van der Waals surface area contributed by atoms with Gasteiger partial charge in [-0.15, -0.1) is 0 Å². The number of anilines is 1. The Kier molecular flexibility index (Phi) is 5.44. The molecule has 20 heavy (non-hydrogen) atoms. The molecule has 3 heteroatoms. The first-order chi connectivity index (χ1) is 9.61. The SMILES string of the molecule is CCNCc1cc(C)ccc1N1CCC(N(C)C)CC1. The second-order valence-corrected chi connectivity index (χ2v) is 6.09. The molecule has 0 radical (unpaired) electrons. The standard InChI is InChI=1S/C17H29N3/c1-5-18-13-15-12-14(2)6-7-17(15)20-10-8-16(9-11-20)19(3)4/h6-7,12,16,18H,5,8-11,13H2,1-4H3. The Labute approximate surface area is 124 Å². The van der Waals surface area contributed by atoms with Gasteiger partial charge < -0.3 is 15.1 Å². The number of hydrogen-bond acceptors (Lipinski definition) is 3. The fourth-order valence-electron chi connectivity index (χ4n) is 3.05. The van der Waals surface area contributed by atoms with Gasteiger partial charge in [0.2, 0.25) is 0 Å². The molecule has 1 aliphatic heterocycles. The van der Waals surface area contributed by atoms with Gasteiger partial charge in [0.25, 0.3) is 0 Å². The van der Waals surface area contributed by atoms with Crippen LogP contribution < -0.4 is 10.2 Å². The van der Waals surface area contributed by atoms with E-state index in [-0.39, 0.29) is 0 Å².